The van der Waals surface area contributed by atoms with Crippen molar-refractivity contribution in [1.82, 2.24) is 15.0 Å². The van der Waals surface area contributed by atoms with Gasteiger partial charge >= 0.3 is 0 Å². The summed E-state index contributed by atoms with van der Waals surface area (Å²) in [5, 5.41) is 3.67. The van der Waals surface area contributed by atoms with E-state index in [1.807, 2.05) is 57.2 Å². The molecule has 2 N–H and O–H groups in total. The van der Waals surface area contributed by atoms with Crippen molar-refractivity contribution in [3.8, 4) is 16.9 Å². The van der Waals surface area contributed by atoms with Crippen LogP contribution in [0.2, 0.25) is 0 Å². The summed E-state index contributed by atoms with van der Waals surface area (Å²) in [5.41, 5.74) is 3.42. The van der Waals surface area contributed by atoms with Crippen LogP contribution in [0.4, 0.5) is 11.6 Å². The van der Waals surface area contributed by atoms with Gasteiger partial charge in [-0.05, 0) is 74.9 Å². The molecule has 1 amide bonds. The van der Waals surface area contributed by atoms with Crippen LogP contribution >= 0.6 is 11.9 Å². The monoisotopic (exact) mass is 463 g/mol. The van der Waals surface area contributed by atoms with E-state index in [2.05, 4.69) is 25.0 Å². The number of amides is 1. The molecule has 1 saturated carbocycles. The maximum Gasteiger partial charge on any atom is 0.233 e. The normalized spacial score (nSPS) is 14.1. The summed E-state index contributed by atoms with van der Waals surface area (Å²) in [6.07, 6.45) is 8.40. The van der Waals surface area contributed by atoms with E-state index in [1.54, 1.807) is 30.5 Å². The molecule has 172 valence electrons. The van der Waals surface area contributed by atoms with Crippen molar-refractivity contribution in [3.63, 3.8) is 0 Å². The first-order chi connectivity index (χ1) is 16.0. The van der Waals surface area contributed by atoms with Crippen LogP contribution in [0.3, 0.4) is 0 Å². The predicted octanol–water partition coefficient (Wildman–Crippen LogP) is 5.68. The molecule has 0 spiro atoms. The van der Waals surface area contributed by atoms with Gasteiger partial charge in [-0.3, -0.25) is 14.5 Å². The number of hydrogen-bond donors (Lipinski definition) is 2. The Morgan fingerprint density at radius 1 is 1.15 bits per heavy atom. The van der Waals surface area contributed by atoms with Gasteiger partial charge in [0.25, 0.3) is 0 Å². The third-order valence-corrected chi connectivity index (χ3v) is 6.28. The highest BCUT2D eigenvalue weighted by Gasteiger charge is 2.24. The lowest BCUT2D eigenvalue weighted by molar-refractivity contribution is -0.117. The molecular formula is C25H29N5O2S. The van der Waals surface area contributed by atoms with Crippen molar-refractivity contribution in [2.24, 2.45) is 0 Å². The van der Waals surface area contributed by atoms with E-state index in [9.17, 15) is 4.79 Å². The zero-order valence-corrected chi connectivity index (χ0v) is 19.9. The van der Waals surface area contributed by atoms with E-state index >= 15 is 0 Å². The minimum Gasteiger partial charge on any atom is -0.489 e. The molecule has 0 aliphatic heterocycles. The van der Waals surface area contributed by atoms with E-state index < -0.39 is 0 Å². The van der Waals surface area contributed by atoms with Gasteiger partial charge in [-0.15, -0.1) is 0 Å². The van der Waals surface area contributed by atoms with Crippen molar-refractivity contribution in [3.05, 3.63) is 60.7 Å². The van der Waals surface area contributed by atoms with Crippen LogP contribution in [0.1, 0.15) is 51.6 Å². The van der Waals surface area contributed by atoms with Crippen LogP contribution in [0.25, 0.3) is 11.1 Å². The molecule has 33 heavy (non-hydrogen) atoms. The van der Waals surface area contributed by atoms with Gasteiger partial charge in [0.05, 0.1) is 23.9 Å². The number of carbonyl (C=O) groups is 1. The molecule has 4 rings (SSSR count). The van der Waals surface area contributed by atoms with Gasteiger partial charge in [-0.2, -0.15) is 0 Å². The number of nitrogens with zero attached hydrogens (tertiary/aromatic N) is 3. The molecule has 3 aromatic rings. The summed E-state index contributed by atoms with van der Waals surface area (Å²) < 4.78 is 8.94. The number of anilines is 2. The minimum absolute atomic E-state index is 0.0845. The molecule has 2 aromatic heterocycles. The molecule has 1 aromatic carbocycles. The van der Waals surface area contributed by atoms with Gasteiger partial charge < -0.3 is 10.1 Å². The molecule has 1 unspecified atom stereocenters. The van der Waals surface area contributed by atoms with Gasteiger partial charge in [-0.25, -0.2) is 9.97 Å². The van der Waals surface area contributed by atoms with Crippen LogP contribution in [-0.2, 0) is 4.79 Å². The Morgan fingerprint density at radius 2 is 1.94 bits per heavy atom. The Morgan fingerprint density at radius 3 is 2.64 bits per heavy atom. The van der Waals surface area contributed by atoms with Crippen molar-refractivity contribution in [2.45, 2.75) is 57.3 Å². The van der Waals surface area contributed by atoms with Gasteiger partial charge in [-0.1, -0.05) is 19.1 Å². The van der Waals surface area contributed by atoms with Crippen molar-refractivity contribution < 1.29 is 9.53 Å². The van der Waals surface area contributed by atoms with Crippen LogP contribution in [-0.4, -0.2) is 32.2 Å². The lowest BCUT2D eigenvalue weighted by atomic mass is 10.0. The Balaban J connectivity index is 1.41. The van der Waals surface area contributed by atoms with Crippen LogP contribution in [0, 0.1) is 0 Å². The standard InChI is InChI=1S/C25H29N5O2S/c1-4-22(23-11-12-27-25(29-23)30-33-21-9-10-21)24(31)28-19-7-5-17(6-8-19)18-13-20(15-26-14-18)32-16(2)3/h5-8,11-16,21-22H,4,9-10H2,1-3H3,(H,28,31)(H,27,29,30). The molecule has 1 atom stereocenters. The fourth-order valence-corrected chi connectivity index (χ4v) is 4.10. The predicted molar refractivity (Wildman–Crippen MR) is 133 cm³/mol. The van der Waals surface area contributed by atoms with E-state index in [0.717, 1.165) is 22.6 Å². The number of hydrogen-bond acceptors (Lipinski definition) is 7. The average Bonchev–Trinajstić information content (AvgIpc) is 3.63. The SMILES string of the molecule is CCC(C(=O)Nc1ccc(-c2cncc(OC(C)C)c2)cc1)c1ccnc(NSC2CC2)n1. The van der Waals surface area contributed by atoms with E-state index in [1.165, 1.54) is 12.8 Å². The maximum absolute atomic E-state index is 13.0. The quantitative estimate of drug-likeness (QED) is 0.374. The van der Waals surface area contributed by atoms with Crippen molar-refractivity contribution in [1.29, 1.82) is 0 Å². The molecule has 0 radical (unpaired) electrons. The van der Waals surface area contributed by atoms with Crippen LogP contribution in [0.15, 0.2) is 55.0 Å². The number of aromatic nitrogens is 3. The number of rotatable bonds is 10. The summed E-state index contributed by atoms with van der Waals surface area (Å²) in [5.74, 6) is 0.851. The smallest absolute Gasteiger partial charge is 0.233 e. The zero-order valence-electron chi connectivity index (χ0n) is 19.1. The second kappa shape index (κ2) is 10.7. The number of ether oxygens (including phenoxy) is 1. The topological polar surface area (TPSA) is 89.0 Å². The molecular weight excluding hydrogens is 434 g/mol. The van der Waals surface area contributed by atoms with E-state index in [-0.39, 0.29) is 17.9 Å². The first-order valence-electron chi connectivity index (χ1n) is 11.3. The third-order valence-electron chi connectivity index (χ3n) is 5.17. The molecule has 0 saturated heterocycles. The van der Waals surface area contributed by atoms with Gasteiger partial charge in [0.15, 0.2) is 0 Å². The zero-order chi connectivity index (χ0) is 23.2. The lowest BCUT2D eigenvalue weighted by Gasteiger charge is -2.16. The molecule has 8 heteroatoms. The van der Waals surface area contributed by atoms with Gasteiger partial charge in [0, 0.05) is 28.9 Å². The van der Waals surface area contributed by atoms with Gasteiger partial charge in [0.2, 0.25) is 11.9 Å². The summed E-state index contributed by atoms with van der Waals surface area (Å²) in [6, 6.07) is 11.5. The highest BCUT2D eigenvalue weighted by atomic mass is 32.2. The summed E-state index contributed by atoms with van der Waals surface area (Å²) in [4.78, 5) is 26.1. The fraction of sp³-hybridized carbons (Fsp3) is 0.360. The molecule has 1 aliphatic rings. The first-order valence-corrected chi connectivity index (χ1v) is 12.2. The Labute approximate surface area is 198 Å². The fourth-order valence-electron chi connectivity index (χ4n) is 3.36. The number of benzene rings is 1. The molecule has 1 fully saturated rings. The third kappa shape index (κ3) is 6.44. The highest BCUT2D eigenvalue weighted by Crippen LogP contribution is 2.34. The lowest BCUT2D eigenvalue weighted by Crippen LogP contribution is -2.21. The average molecular weight is 464 g/mol. The van der Waals surface area contributed by atoms with Crippen molar-refractivity contribution >= 4 is 29.5 Å². The molecule has 7 nitrogen and oxygen atoms in total. The Kier molecular flexibility index (Phi) is 7.44. The summed E-state index contributed by atoms with van der Waals surface area (Å²) in [7, 11) is 0. The second-order valence-corrected chi connectivity index (χ2v) is 9.43. The van der Waals surface area contributed by atoms with E-state index in [0.29, 0.717) is 23.3 Å². The van der Waals surface area contributed by atoms with Crippen LogP contribution < -0.4 is 14.8 Å². The largest absolute Gasteiger partial charge is 0.489 e. The van der Waals surface area contributed by atoms with Crippen LogP contribution in [0.5, 0.6) is 5.75 Å². The first kappa shape index (κ1) is 23.0. The summed E-state index contributed by atoms with van der Waals surface area (Å²) >= 11 is 1.65. The minimum atomic E-state index is -0.354. The second-order valence-electron chi connectivity index (χ2n) is 8.33. The number of pyridine rings is 1. The maximum atomic E-state index is 13.0. The molecule has 1 aliphatic carbocycles. The highest BCUT2D eigenvalue weighted by molar-refractivity contribution is 8.01. The summed E-state index contributed by atoms with van der Waals surface area (Å²) in [6.45, 7) is 5.96. The van der Waals surface area contributed by atoms with E-state index in [4.69, 9.17) is 4.74 Å². The number of nitrogens with one attached hydrogen (secondary N) is 2. The Hall–Kier alpha value is -3.13. The van der Waals surface area contributed by atoms with Crippen molar-refractivity contribution in [2.75, 3.05) is 10.0 Å². The molecule has 2 heterocycles. The molecule has 0 bridgehead atoms. The van der Waals surface area contributed by atoms with Gasteiger partial charge in [0.1, 0.15) is 5.75 Å². The Bertz CT molecular complexity index is 1090. The number of carbonyl (C=O) groups excluding carboxylic acids is 1.